The van der Waals surface area contributed by atoms with Crippen LogP contribution < -0.4 is 4.90 Å². The van der Waals surface area contributed by atoms with Gasteiger partial charge in [-0.3, -0.25) is 4.99 Å². The first kappa shape index (κ1) is 15.1. The second kappa shape index (κ2) is 7.47. The first-order valence-electron chi connectivity index (χ1n) is 7.46. The van der Waals surface area contributed by atoms with Gasteiger partial charge in [0.25, 0.3) is 0 Å². The summed E-state index contributed by atoms with van der Waals surface area (Å²) in [6.45, 7) is 3.56. The fourth-order valence-corrected chi connectivity index (χ4v) is 3.02. The average molecular weight is 312 g/mol. The maximum absolute atomic E-state index is 5.39. The molecule has 1 aliphatic heterocycles. The van der Waals surface area contributed by atoms with Crippen LogP contribution >= 0.6 is 11.8 Å². The number of para-hydroxylation sites is 1. The molecule has 2 aromatic rings. The molecule has 0 unspecified atom stereocenters. The Morgan fingerprint density at radius 1 is 1.05 bits per heavy atom. The molecule has 22 heavy (non-hydrogen) atoms. The summed E-state index contributed by atoms with van der Waals surface area (Å²) < 4.78 is 5.39. The Hall–Kier alpha value is -1.78. The Kier molecular flexibility index (Phi) is 5.14. The number of anilines is 1. The molecule has 0 N–H and O–H groups in total. The van der Waals surface area contributed by atoms with Gasteiger partial charge in [-0.2, -0.15) is 0 Å². The van der Waals surface area contributed by atoms with E-state index in [9.17, 15) is 0 Å². The molecule has 1 saturated heterocycles. The number of thioether (sulfide) groups is 1. The highest BCUT2D eigenvalue weighted by Gasteiger charge is 2.10. The van der Waals surface area contributed by atoms with Gasteiger partial charge >= 0.3 is 0 Å². The lowest BCUT2D eigenvalue weighted by Gasteiger charge is -2.28. The second-order valence-corrected chi connectivity index (χ2v) is 5.97. The van der Waals surface area contributed by atoms with Crippen molar-refractivity contribution in [2.75, 3.05) is 37.5 Å². The Labute approximate surface area is 136 Å². The number of benzene rings is 2. The van der Waals surface area contributed by atoms with Gasteiger partial charge in [0, 0.05) is 29.9 Å². The minimum absolute atomic E-state index is 0.814. The van der Waals surface area contributed by atoms with Crippen LogP contribution in [0.25, 0.3) is 0 Å². The van der Waals surface area contributed by atoms with E-state index in [2.05, 4.69) is 46.5 Å². The summed E-state index contributed by atoms with van der Waals surface area (Å²) in [5.41, 5.74) is 3.39. The smallest absolute Gasteiger partial charge is 0.0765 e. The van der Waals surface area contributed by atoms with Crippen molar-refractivity contribution >= 4 is 29.4 Å². The molecular formula is C18H20N2OS. The average Bonchev–Trinajstić information content (AvgIpc) is 2.61. The molecule has 1 heterocycles. The molecule has 114 valence electrons. The Morgan fingerprint density at radius 2 is 1.77 bits per heavy atom. The van der Waals surface area contributed by atoms with Crippen LogP contribution in [0.2, 0.25) is 0 Å². The van der Waals surface area contributed by atoms with E-state index in [0.717, 1.165) is 37.6 Å². The van der Waals surface area contributed by atoms with Gasteiger partial charge in [-0.05, 0) is 36.1 Å². The van der Waals surface area contributed by atoms with Gasteiger partial charge in [-0.25, -0.2) is 0 Å². The standard InChI is InChI=1S/C18H20N2OS/c1-22-18-5-3-2-4-17(18)19-14-15-6-8-16(9-7-15)20-10-12-21-13-11-20/h2-9,14H,10-13H2,1H3. The molecule has 4 heteroatoms. The van der Waals surface area contributed by atoms with Crippen LogP contribution in [0.4, 0.5) is 11.4 Å². The van der Waals surface area contributed by atoms with E-state index < -0.39 is 0 Å². The number of hydrogen-bond acceptors (Lipinski definition) is 4. The molecule has 0 aromatic heterocycles. The summed E-state index contributed by atoms with van der Waals surface area (Å²) in [5.74, 6) is 0. The van der Waals surface area contributed by atoms with Crippen molar-refractivity contribution in [2.24, 2.45) is 4.99 Å². The predicted octanol–water partition coefficient (Wildman–Crippen LogP) is 4.00. The van der Waals surface area contributed by atoms with Crippen LogP contribution in [0.1, 0.15) is 5.56 Å². The fraction of sp³-hybridized carbons (Fsp3) is 0.278. The van der Waals surface area contributed by atoms with Crippen LogP contribution in [0.5, 0.6) is 0 Å². The van der Waals surface area contributed by atoms with Gasteiger partial charge in [-0.1, -0.05) is 24.3 Å². The summed E-state index contributed by atoms with van der Waals surface area (Å²) in [4.78, 5) is 8.16. The van der Waals surface area contributed by atoms with E-state index in [-0.39, 0.29) is 0 Å². The molecular weight excluding hydrogens is 292 g/mol. The highest BCUT2D eigenvalue weighted by molar-refractivity contribution is 7.98. The zero-order valence-electron chi connectivity index (χ0n) is 12.7. The minimum atomic E-state index is 0.814. The third-order valence-corrected chi connectivity index (χ3v) is 4.49. The molecule has 3 rings (SSSR count). The molecule has 0 spiro atoms. The second-order valence-electron chi connectivity index (χ2n) is 5.12. The first-order valence-corrected chi connectivity index (χ1v) is 8.69. The molecule has 1 aliphatic rings. The Balaban J connectivity index is 1.71. The predicted molar refractivity (Wildman–Crippen MR) is 95.0 cm³/mol. The van der Waals surface area contributed by atoms with Gasteiger partial charge in [0.2, 0.25) is 0 Å². The number of morpholine rings is 1. The quantitative estimate of drug-likeness (QED) is 0.630. The first-order chi connectivity index (χ1) is 10.9. The van der Waals surface area contributed by atoms with E-state index >= 15 is 0 Å². The van der Waals surface area contributed by atoms with Gasteiger partial charge in [0.15, 0.2) is 0 Å². The topological polar surface area (TPSA) is 24.8 Å². The van der Waals surface area contributed by atoms with Crippen LogP contribution in [-0.4, -0.2) is 38.8 Å². The zero-order valence-corrected chi connectivity index (χ0v) is 13.6. The van der Waals surface area contributed by atoms with E-state index in [0.29, 0.717) is 0 Å². The fourth-order valence-electron chi connectivity index (χ4n) is 2.47. The zero-order chi connectivity index (χ0) is 15.2. The van der Waals surface area contributed by atoms with Crippen LogP contribution in [0.15, 0.2) is 58.4 Å². The molecule has 1 fully saturated rings. The number of nitrogens with zero attached hydrogens (tertiary/aromatic N) is 2. The normalized spacial score (nSPS) is 15.4. The molecule has 3 nitrogen and oxygen atoms in total. The summed E-state index contributed by atoms with van der Waals surface area (Å²) in [6, 6.07) is 16.8. The molecule has 0 radical (unpaired) electrons. The lowest BCUT2D eigenvalue weighted by atomic mass is 10.2. The van der Waals surface area contributed by atoms with Crippen molar-refractivity contribution in [3.63, 3.8) is 0 Å². The van der Waals surface area contributed by atoms with E-state index in [1.165, 1.54) is 10.6 Å². The largest absolute Gasteiger partial charge is 0.378 e. The van der Waals surface area contributed by atoms with Crippen molar-refractivity contribution in [2.45, 2.75) is 4.90 Å². The van der Waals surface area contributed by atoms with E-state index in [4.69, 9.17) is 4.74 Å². The molecule has 2 aromatic carbocycles. The highest BCUT2D eigenvalue weighted by atomic mass is 32.2. The van der Waals surface area contributed by atoms with Gasteiger partial charge in [0.05, 0.1) is 18.9 Å². The Bertz CT molecular complexity index is 634. The summed E-state index contributed by atoms with van der Waals surface area (Å²) in [7, 11) is 0. The SMILES string of the molecule is CSc1ccccc1N=Cc1ccc(N2CCOCC2)cc1. The number of aliphatic imine (C=N–C) groups is 1. The lowest BCUT2D eigenvalue weighted by molar-refractivity contribution is 0.122. The number of rotatable bonds is 4. The van der Waals surface area contributed by atoms with Crippen LogP contribution in [0, 0.1) is 0 Å². The van der Waals surface area contributed by atoms with E-state index in [1.54, 1.807) is 11.8 Å². The minimum Gasteiger partial charge on any atom is -0.378 e. The van der Waals surface area contributed by atoms with Gasteiger partial charge < -0.3 is 9.64 Å². The summed E-state index contributed by atoms with van der Waals surface area (Å²) in [5, 5.41) is 0. The van der Waals surface area contributed by atoms with Crippen LogP contribution in [0.3, 0.4) is 0 Å². The lowest BCUT2D eigenvalue weighted by Crippen LogP contribution is -2.36. The monoisotopic (exact) mass is 312 g/mol. The summed E-state index contributed by atoms with van der Waals surface area (Å²) >= 11 is 1.72. The maximum Gasteiger partial charge on any atom is 0.0765 e. The molecule has 0 amide bonds. The van der Waals surface area contributed by atoms with Crippen molar-refractivity contribution in [3.05, 3.63) is 54.1 Å². The Morgan fingerprint density at radius 3 is 2.50 bits per heavy atom. The third kappa shape index (κ3) is 3.70. The van der Waals surface area contributed by atoms with Gasteiger partial charge in [-0.15, -0.1) is 11.8 Å². The molecule has 0 aliphatic carbocycles. The van der Waals surface area contributed by atoms with Crippen LogP contribution in [-0.2, 0) is 4.74 Å². The number of hydrogen-bond donors (Lipinski definition) is 0. The molecule has 0 saturated carbocycles. The van der Waals surface area contributed by atoms with Crippen molar-refractivity contribution in [3.8, 4) is 0 Å². The van der Waals surface area contributed by atoms with Crippen molar-refractivity contribution in [1.29, 1.82) is 0 Å². The number of ether oxygens (including phenoxy) is 1. The van der Waals surface area contributed by atoms with Crippen molar-refractivity contribution in [1.82, 2.24) is 0 Å². The van der Waals surface area contributed by atoms with Crippen molar-refractivity contribution < 1.29 is 4.74 Å². The summed E-state index contributed by atoms with van der Waals surface area (Å²) in [6.07, 6.45) is 4.00. The van der Waals surface area contributed by atoms with E-state index in [1.807, 2.05) is 24.4 Å². The maximum atomic E-state index is 5.39. The molecule has 0 bridgehead atoms. The van der Waals surface area contributed by atoms with Gasteiger partial charge in [0.1, 0.15) is 0 Å². The molecule has 0 atom stereocenters. The third-order valence-electron chi connectivity index (χ3n) is 3.71. The highest BCUT2D eigenvalue weighted by Crippen LogP contribution is 2.27.